The molecule has 264 valence electrons. The fourth-order valence-corrected chi connectivity index (χ4v) is 7.74. The van der Waals surface area contributed by atoms with Gasteiger partial charge in [-0.25, -0.2) is 4.98 Å². The van der Waals surface area contributed by atoms with Crippen molar-refractivity contribution in [3.8, 4) is 22.8 Å². The molecular weight excluding hydrogens is 642 g/mol. The van der Waals surface area contributed by atoms with Gasteiger partial charge in [0, 0.05) is 41.6 Å². The number of benzene rings is 3. The van der Waals surface area contributed by atoms with Gasteiger partial charge in [0.1, 0.15) is 23.6 Å². The van der Waals surface area contributed by atoms with Crippen LogP contribution in [0, 0.1) is 11.3 Å². The lowest BCUT2D eigenvalue weighted by Crippen LogP contribution is -2.48. The Kier molecular flexibility index (Phi) is 10.1. The topological polar surface area (TPSA) is 107 Å². The van der Waals surface area contributed by atoms with E-state index in [2.05, 4.69) is 17.5 Å². The largest absolute Gasteiger partial charge is 0.497 e. The van der Waals surface area contributed by atoms with Gasteiger partial charge in [0.2, 0.25) is 5.91 Å². The number of esters is 1. The number of methoxy groups -OCH3 is 2. The van der Waals surface area contributed by atoms with E-state index in [4.69, 9.17) is 19.2 Å². The Hall–Kier alpha value is -5.18. The number of nitrogens with one attached hydrogen (secondary N) is 1. The van der Waals surface area contributed by atoms with E-state index in [1.807, 2.05) is 84.9 Å². The second-order valence-electron chi connectivity index (χ2n) is 14.0. The molecule has 9 nitrogen and oxygen atoms in total. The monoisotopic (exact) mass is 687 g/mol. The van der Waals surface area contributed by atoms with Gasteiger partial charge in [0.25, 0.3) is 0 Å². The maximum Gasteiger partial charge on any atom is 0.312 e. The molecule has 7 rings (SSSR count). The third-order valence-corrected chi connectivity index (χ3v) is 10.6. The summed E-state index contributed by atoms with van der Waals surface area (Å²) in [5, 5.41) is 4.28. The fourth-order valence-electron chi connectivity index (χ4n) is 7.74. The van der Waals surface area contributed by atoms with Crippen LogP contribution in [0.5, 0.6) is 11.5 Å². The van der Waals surface area contributed by atoms with E-state index in [0.29, 0.717) is 36.3 Å². The van der Waals surface area contributed by atoms with Gasteiger partial charge in [-0.1, -0.05) is 73.5 Å². The number of Topliss-reactive ketones (excluding diaryl/α,β-unsaturated/α-hetero) is 1. The van der Waals surface area contributed by atoms with Crippen molar-refractivity contribution in [1.82, 2.24) is 9.88 Å². The molecular formula is C42H45N3O6. The van der Waals surface area contributed by atoms with E-state index in [-0.39, 0.29) is 36.5 Å². The maximum atomic E-state index is 14.6. The molecule has 0 bridgehead atoms. The number of rotatable bonds is 7. The summed E-state index contributed by atoms with van der Waals surface area (Å²) >= 11 is 0. The number of carbonyl (C=O) groups excluding carboxylic acids is 3. The molecule has 51 heavy (non-hydrogen) atoms. The average Bonchev–Trinajstić information content (AvgIpc) is 3.69. The van der Waals surface area contributed by atoms with Crippen LogP contribution in [0.3, 0.4) is 0 Å². The molecule has 1 amide bonds. The van der Waals surface area contributed by atoms with Crippen molar-refractivity contribution < 1.29 is 28.6 Å². The molecule has 3 heterocycles. The lowest BCUT2D eigenvalue weighted by Gasteiger charge is -2.29. The van der Waals surface area contributed by atoms with Gasteiger partial charge in [-0.2, -0.15) is 0 Å². The smallest absolute Gasteiger partial charge is 0.312 e. The number of allylic oxidation sites excluding steroid dienone is 2. The number of carbonyl (C=O) groups is 3. The summed E-state index contributed by atoms with van der Waals surface area (Å²) in [5.74, 6) is 0.601. The zero-order valence-corrected chi connectivity index (χ0v) is 29.3. The molecule has 1 aliphatic carbocycles. The Balaban J connectivity index is 1.23. The first-order chi connectivity index (χ1) is 24.9. The predicted molar refractivity (Wildman–Crippen MR) is 197 cm³/mol. The summed E-state index contributed by atoms with van der Waals surface area (Å²) in [5.41, 5.74) is 2.34. The summed E-state index contributed by atoms with van der Waals surface area (Å²) < 4.78 is 17.5. The lowest BCUT2D eigenvalue weighted by atomic mass is 9.91. The van der Waals surface area contributed by atoms with E-state index in [9.17, 15) is 14.4 Å². The summed E-state index contributed by atoms with van der Waals surface area (Å²) in [6, 6.07) is 26.0. The Morgan fingerprint density at radius 2 is 1.73 bits per heavy atom. The van der Waals surface area contributed by atoms with Crippen LogP contribution in [0.25, 0.3) is 22.2 Å². The first-order valence-corrected chi connectivity index (χ1v) is 18.0. The standard InChI is InChI=1S/C42H45N3O6/c1-49-31-20-21-33-36(22-31)44-35(28-14-8-6-9-15-28)24-39(33)51-32-23-37-38(46)26-42(41(48)50-2)25-29(42)16-10-4-3-5-13-19-34(40(47)45(37)27-32)43-30-17-11-7-12-18-30/h6-12,14-18,20-22,24,29,32,34,37,43H,3-5,13,19,23,25-27H2,1-2H3/b16-10-/t29-,32+,34-,37-,42+/m0/s1. The van der Waals surface area contributed by atoms with E-state index < -0.39 is 23.6 Å². The van der Waals surface area contributed by atoms with Crippen LogP contribution in [-0.2, 0) is 19.1 Å². The molecule has 1 saturated heterocycles. The SMILES string of the molecule is COC(=O)[C@]12CC(=O)[C@@H]3C[C@@H](Oc4cc(-c5ccccc5)nc5cc(OC)ccc45)CN3C(=O)[C@@H](Nc3ccccc3)CCCCC/C=C\[C@H]1C2. The summed E-state index contributed by atoms with van der Waals surface area (Å²) in [6.07, 6.45) is 8.97. The van der Waals surface area contributed by atoms with Crippen molar-refractivity contribution in [3.63, 3.8) is 0 Å². The number of ketones is 1. The van der Waals surface area contributed by atoms with Gasteiger partial charge in [-0.3, -0.25) is 14.4 Å². The molecule has 9 heteroatoms. The predicted octanol–water partition coefficient (Wildman–Crippen LogP) is 7.40. The minimum atomic E-state index is -0.900. The van der Waals surface area contributed by atoms with Crippen molar-refractivity contribution in [2.75, 3.05) is 26.1 Å². The second kappa shape index (κ2) is 15.0. The van der Waals surface area contributed by atoms with Gasteiger partial charge < -0.3 is 24.4 Å². The fraction of sp³-hybridized carbons (Fsp3) is 0.381. The number of ether oxygens (including phenoxy) is 3. The molecule has 2 fully saturated rings. The van der Waals surface area contributed by atoms with Gasteiger partial charge in [-0.15, -0.1) is 0 Å². The molecule has 1 N–H and O–H groups in total. The third kappa shape index (κ3) is 7.34. The molecule has 2 aliphatic heterocycles. The molecule has 1 saturated carbocycles. The van der Waals surface area contributed by atoms with E-state index in [0.717, 1.165) is 48.0 Å². The first kappa shape index (κ1) is 34.3. The zero-order chi connectivity index (χ0) is 35.4. The van der Waals surface area contributed by atoms with Crippen molar-refractivity contribution in [3.05, 3.63) is 97.1 Å². The zero-order valence-electron chi connectivity index (χ0n) is 29.3. The minimum Gasteiger partial charge on any atom is -0.497 e. The number of fused-ring (bicyclic) bond motifs is 3. The van der Waals surface area contributed by atoms with Gasteiger partial charge >= 0.3 is 5.97 Å². The molecule has 3 aliphatic rings. The Labute approximate surface area is 299 Å². The van der Waals surface area contributed by atoms with Gasteiger partial charge in [0.15, 0.2) is 5.78 Å². The number of hydrogen-bond acceptors (Lipinski definition) is 8. The van der Waals surface area contributed by atoms with Crippen LogP contribution < -0.4 is 14.8 Å². The maximum absolute atomic E-state index is 14.6. The Morgan fingerprint density at radius 1 is 0.941 bits per heavy atom. The highest BCUT2D eigenvalue weighted by Gasteiger charge is 2.61. The Morgan fingerprint density at radius 3 is 2.49 bits per heavy atom. The van der Waals surface area contributed by atoms with E-state index >= 15 is 0 Å². The number of anilines is 1. The van der Waals surface area contributed by atoms with Crippen LogP contribution >= 0.6 is 0 Å². The highest BCUT2D eigenvalue weighted by Crippen LogP contribution is 2.57. The first-order valence-electron chi connectivity index (χ1n) is 18.0. The van der Waals surface area contributed by atoms with Crippen LogP contribution in [0.15, 0.2) is 97.1 Å². The molecule has 3 aromatic carbocycles. The number of pyridine rings is 1. The number of amides is 1. The minimum absolute atomic E-state index is 0.0166. The molecule has 4 aromatic rings. The number of para-hydroxylation sites is 1. The van der Waals surface area contributed by atoms with Crippen molar-refractivity contribution in [2.45, 2.75) is 69.6 Å². The average molecular weight is 688 g/mol. The number of nitrogens with zero attached hydrogens (tertiary/aromatic N) is 2. The van der Waals surface area contributed by atoms with Crippen LogP contribution in [0.2, 0.25) is 0 Å². The van der Waals surface area contributed by atoms with Gasteiger partial charge in [0.05, 0.1) is 43.4 Å². The Bertz CT molecular complexity index is 1910. The quantitative estimate of drug-likeness (QED) is 0.158. The van der Waals surface area contributed by atoms with Crippen molar-refractivity contribution in [1.29, 1.82) is 0 Å². The lowest BCUT2D eigenvalue weighted by molar-refractivity contribution is -0.150. The summed E-state index contributed by atoms with van der Waals surface area (Å²) in [6.45, 7) is 0.234. The van der Waals surface area contributed by atoms with Crippen LogP contribution in [-0.4, -0.2) is 66.5 Å². The molecule has 5 atom stereocenters. The second-order valence-corrected chi connectivity index (χ2v) is 14.0. The number of aromatic nitrogens is 1. The third-order valence-electron chi connectivity index (χ3n) is 10.6. The highest BCUT2D eigenvalue weighted by atomic mass is 16.5. The van der Waals surface area contributed by atoms with Crippen LogP contribution in [0.4, 0.5) is 5.69 Å². The van der Waals surface area contributed by atoms with Crippen LogP contribution in [0.1, 0.15) is 51.4 Å². The molecule has 1 aromatic heterocycles. The molecule has 0 unspecified atom stereocenters. The van der Waals surface area contributed by atoms with Gasteiger partial charge in [-0.05, 0) is 55.9 Å². The molecule has 0 radical (unpaired) electrons. The van der Waals surface area contributed by atoms with E-state index in [1.165, 1.54) is 7.11 Å². The normalized spacial score (nSPS) is 25.9. The van der Waals surface area contributed by atoms with Crippen molar-refractivity contribution in [2.24, 2.45) is 11.3 Å². The van der Waals surface area contributed by atoms with Crippen molar-refractivity contribution >= 4 is 34.3 Å². The highest BCUT2D eigenvalue weighted by molar-refractivity contribution is 5.96. The summed E-state index contributed by atoms with van der Waals surface area (Å²) in [4.78, 5) is 48.8. The number of hydrogen-bond donors (Lipinski definition) is 1. The summed E-state index contributed by atoms with van der Waals surface area (Å²) in [7, 11) is 3.00. The molecule has 0 spiro atoms. The van der Waals surface area contributed by atoms with E-state index in [1.54, 1.807) is 12.0 Å².